The van der Waals surface area contributed by atoms with Gasteiger partial charge >= 0.3 is 0 Å². The van der Waals surface area contributed by atoms with E-state index < -0.39 is 21.6 Å². The number of carbonyl (C=O) groups excluding carboxylic acids is 1. The van der Waals surface area contributed by atoms with Gasteiger partial charge in [-0.3, -0.25) is 4.79 Å². The van der Waals surface area contributed by atoms with Gasteiger partial charge in [0, 0.05) is 10.9 Å². The highest BCUT2D eigenvalue weighted by Crippen LogP contribution is 2.40. The Bertz CT molecular complexity index is 1010. The van der Waals surface area contributed by atoms with Gasteiger partial charge in [-0.05, 0) is 36.4 Å². The zero-order valence-corrected chi connectivity index (χ0v) is 16.3. The van der Waals surface area contributed by atoms with Crippen molar-refractivity contribution in [1.82, 2.24) is 0 Å². The molecule has 9 heteroatoms. The molecule has 0 radical (unpaired) electrons. The fourth-order valence-corrected chi connectivity index (χ4v) is 7.20. The molecule has 2 aromatic carbocycles. The summed E-state index contributed by atoms with van der Waals surface area (Å²) < 4.78 is 42.8. The maximum absolute atomic E-state index is 13.3. The molecule has 4 rings (SSSR count). The molecule has 0 unspecified atom stereocenters. The summed E-state index contributed by atoms with van der Waals surface area (Å²) in [5, 5.41) is 0.204. The Labute approximate surface area is 166 Å². The normalized spacial score (nSPS) is 24.3. The number of halogens is 1. The lowest BCUT2D eigenvalue weighted by atomic mass is 10.2. The smallest absolute Gasteiger partial charge is 0.285 e. The molecular weight excluding hydrogens is 403 g/mol. The van der Waals surface area contributed by atoms with Gasteiger partial charge in [-0.25, -0.2) is 12.8 Å². The summed E-state index contributed by atoms with van der Waals surface area (Å²) in [5.74, 6) is -0.282. The van der Waals surface area contributed by atoms with Gasteiger partial charge in [0.2, 0.25) is 0 Å². The maximum Gasteiger partial charge on any atom is 0.285 e. The van der Waals surface area contributed by atoms with Crippen LogP contribution in [0.3, 0.4) is 0 Å². The van der Waals surface area contributed by atoms with Crippen LogP contribution in [-0.2, 0) is 14.6 Å². The van der Waals surface area contributed by atoms with Crippen molar-refractivity contribution in [1.29, 1.82) is 0 Å². The number of rotatable bonds is 4. The van der Waals surface area contributed by atoms with E-state index in [0.717, 1.165) is 0 Å². The number of amides is 1. The number of nitrogens with zero attached hydrogens (tertiary/aromatic N) is 2. The van der Waals surface area contributed by atoms with Crippen LogP contribution in [-0.4, -0.2) is 48.9 Å². The fraction of sp³-hybridized carbons (Fsp3) is 0.263. The molecular formula is C19H17FN2O4S2. The Morgan fingerprint density at radius 2 is 1.86 bits per heavy atom. The molecule has 1 amide bonds. The summed E-state index contributed by atoms with van der Waals surface area (Å²) in [4.78, 5) is 18.2. The number of hydrogen-bond acceptors (Lipinski definition) is 5. The molecule has 6 nitrogen and oxygen atoms in total. The lowest BCUT2D eigenvalue weighted by Gasteiger charge is -2.24. The third-order valence-electron chi connectivity index (χ3n) is 4.50. The first-order valence-electron chi connectivity index (χ1n) is 8.62. The second kappa shape index (κ2) is 7.56. The van der Waals surface area contributed by atoms with Gasteiger partial charge in [0.15, 0.2) is 21.6 Å². The van der Waals surface area contributed by atoms with Crippen LogP contribution in [0, 0.1) is 5.82 Å². The van der Waals surface area contributed by atoms with E-state index in [1.165, 1.54) is 23.9 Å². The van der Waals surface area contributed by atoms with Crippen molar-refractivity contribution >= 4 is 38.4 Å². The number of ether oxygens (including phenoxy) is 1. The third kappa shape index (κ3) is 4.05. The third-order valence-corrected chi connectivity index (χ3v) is 7.71. The van der Waals surface area contributed by atoms with Gasteiger partial charge in [0.05, 0.1) is 17.5 Å². The van der Waals surface area contributed by atoms with Crippen LogP contribution < -0.4 is 9.64 Å². The topological polar surface area (TPSA) is 76.0 Å². The largest absolute Gasteiger partial charge is 0.484 e. The number of amidine groups is 1. The fourth-order valence-electron chi connectivity index (χ4n) is 3.27. The second-order valence-corrected chi connectivity index (χ2v) is 9.90. The van der Waals surface area contributed by atoms with Crippen molar-refractivity contribution in [3.63, 3.8) is 0 Å². The molecule has 2 aliphatic rings. The average molecular weight is 420 g/mol. The van der Waals surface area contributed by atoms with E-state index in [4.69, 9.17) is 4.74 Å². The predicted molar refractivity (Wildman–Crippen MR) is 107 cm³/mol. The number of carbonyl (C=O) groups is 1. The van der Waals surface area contributed by atoms with Crippen LogP contribution in [0.1, 0.15) is 0 Å². The molecule has 2 aromatic rings. The van der Waals surface area contributed by atoms with Gasteiger partial charge < -0.3 is 9.64 Å². The van der Waals surface area contributed by atoms with Gasteiger partial charge in [-0.2, -0.15) is 4.99 Å². The number of fused-ring (bicyclic) bond motifs is 1. The minimum atomic E-state index is -3.15. The van der Waals surface area contributed by atoms with Gasteiger partial charge in [0.25, 0.3) is 5.91 Å². The summed E-state index contributed by atoms with van der Waals surface area (Å²) in [6.45, 7) is -0.223. The van der Waals surface area contributed by atoms with Crippen LogP contribution in [0.25, 0.3) is 0 Å². The SMILES string of the molecule is O=C(COc1ccccc1)N=C1S[C@@H]2CS(=O)(=O)C[C@H]2N1c1ccc(F)cc1. The van der Waals surface area contributed by atoms with E-state index in [9.17, 15) is 17.6 Å². The van der Waals surface area contributed by atoms with Crippen LogP contribution in [0.2, 0.25) is 0 Å². The average Bonchev–Trinajstić information content (AvgIpc) is 3.12. The quantitative estimate of drug-likeness (QED) is 0.757. The van der Waals surface area contributed by atoms with Crippen LogP contribution in [0.4, 0.5) is 10.1 Å². The molecule has 0 spiro atoms. The van der Waals surface area contributed by atoms with Crippen LogP contribution >= 0.6 is 11.8 Å². The first-order valence-corrected chi connectivity index (χ1v) is 11.3. The van der Waals surface area contributed by atoms with Gasteiger partial charge in [-0.1, -0.05) is 30.0 Å². The highest BCUT2D eigenvalue weighted by atomic mass is 32.2. The maximum atomic E-state index is 13.3. The molecule has 0 aromatic heterocycles. The number of hydrogen-bond donors (Lipinski definition) is 0. The number of sulfone groups is 1. The van der Waals surface area contributed by atoms with Crippen molar-refractivity contribution in [2.24, 2.45) is 4.99 Å². The summed E-state index contributed by atoms with van der Waals surface area (Å²) in [6, 6.07) is 14.3. The standard InChI is InChI=1S/C19H17FN2O4S2/c20-13-6-8-14(9-7-13)22-16-11-28(24,25)12-17(16)27-19(22)21-18(23)10-26-15-4-2-1-3-5-15/h1-9,16-17H,10-12H2/t16-,17-/m1/s1. The molecule has 146 valence electrons. The molecule has 2 heterocycles. The minimum absolute atomic E-state index is 0.0181. The summed E-state index contributed by atoms with van der Waals surface area (Å²) in [6.07, 6.45) is 0. The molecule has 0 bridgehead atoms. The van der Waals surface area contributed by atoms with E-state index in [1.807, 2.05) is 6.07 Å². The van der Waals surface area contributed by atoms with Crippen molar-refractivity contribution in [3.8, 4) is 5.75 Å². The lowest BCUT2D eigenvalue weighted by molar-refractivity contribution is -0.119. The van der Waals surface area contributed by atoms with E-state index in [1.54, 1.807) is 41.3 Å². The zero-order valence-electron chi connectivity index (χ0n) is 14.7. The van der Waals surface area contributed by atoms with E-state index in [0.29, 0.717) is 16.6 Å². The molecule has 0 aliphatic carbocycles. The zero-order chi connectivity index (χ0) is 19.7. The van der Waals surface area contributed by atoms with Crippen LogP contribution in [0.15, 0.2) is 59.6 Å². The number of para-hydroxylation sites is 1. The molecule has 2 atom stereocenters. The first kappa shape index (κ1) is 18.9. The highest BCUT2D eigenvalue weighted by molar-refractivity contribution is 8.16. The number of anilines is 1. The molecule has 0 saturated carbocycles. The van der Waals surface area contributed by atoms with Crippen molar-refractivity contribution < 1.29 is 22.3 Å². The van der Waals surface area contributed by atoms with E-state index in [-0.39, 0.29) is 29.4 Å². The van der Waals surface area contributed by atoms with Gasteiger partial charge in [0.1, 0.15) is 11.6 Å². The molecule has 2 saturated heterocycles. The Morgan fingerprint density at radius 3 is 2.57 bits per heavy atom. The summed E-state index contributed by atoms with van der Waals surface area (Å²) in [5.41, 5.74) is 0.606. The molecule has 2 aliphatic heterocycles. The number of benzene rings is 2. The summed E-state index contributed by atoms with van der Waals surface area (Å²) in [7, 11) is -3.15. The van der Waals surface area contributed by atoms with Crippen molar-refractivity contribution in [2.45, 2.75) is 11.3 Å². The molecule has 0 N–H and O–H groups in total. The van der Waals surface area contributed by atoms with Crippen molar-refractivity contribution in [2.75, 3.05) is 23.0 Å². The highest BCUT2D eigenvalue weighted by Gasteiger charge is 2.49. The monoisotopic (exact) mass is 420 g/mol. The minimum Gasteiger partial charge on any atom is -0.484 e. The number of aliphatic imine (C=N–C) groups is 1. The van der Waals surface area contributed by atoms with E-state index >= 15 is 0 Å². The van der Waals surface area contributed by atoms with Crippen LogP contribution in [0.5, 0.6) is 5.75 Å². The molecule has 28 heavy (non-hydrogen) atoms. The van der Waals surface area contributed by atoms with Crippen molar-refractivity contribution in [3.05, 3.63) is 60.4 Å². The lowest BCUT2D eigenvalue weighted by Crippen LogP contribution is -2.37. The predicted octanol–water partition coefficient (Wildman–Crippen LogP) is 2.51. The Balaban J connectivity index is 1.56. The molecule has 2 fully saturated rings. The van der Waals surface area contributed by atoms with Gasteiger partial charge in [-0.15, -0.1) is 0 Å². The Morgan fingerprint density at radius 1 is 1.14 bits per heavy atom. The van der Waals surface area contributed by atoms with E-state index in [2.05, 4.69) is 4.99 Å². The second-order valence-electron chi connectivity index (χ2n) is 6.54. The summed E-state index contributed by atoms with van der Waals surface area (Å²) >= 11 is 1.27. The Hall–Kier alpha value is -2.39. The first-order chi connectivity index (χ1) is 13.4. The Kier molecular flexibility index (Phi) is 5.11. The number of thioether (sulfide) groups is 1.